The minimum absolute atomic E-state index is 0.0905. The number of nitrogens with zero attached hydrogens (tertiary/aromatic N) is 2. The summed E-state index contributed by atoms with van der Waals surface area (Å²) in [5.41, 5.74) is 6.72. The third kappa shape index (κ3) is 2.91. The molecule has 0 aliphatic carbocycles. The quantitative estimate of drug-likeness (QED) is 0.375. The zero-order valence-corrected chi connectivity index (χ0v) is 11.2. The van der Waals surface area contributed by atoms with Gasteiger partial charge in [-0.3, -0.25) is 0 Å². The summed E-state index contributed by atoms with van der Waals surface area (Å²) in [5, 5.41) is 11.7. The minimum Gasteiger partial charge on any atom is -0.409 e. The van der Waals surface area contributed by atoms with E-state index in [0.29, 0.717) is 11.5 Å². The monoisotopic (exact) mass is 253 g/mol. The van der Waals surface area contributed by atoms with E-state index in [1.807, 2.05) is 11.9 Å². The smallest absolute Gasteiger partial charge is 0.172 e. The molecule has 0 heterocycles. The predicted molar refractivity (Wildman–Crippen MR) is 71.6 cm³/mol. The normalized spacial score (nSPS) is 13.8. The Bertz CT molecular complexity index is 446. The fourth-order valence-electron chi connectivity index (χ4n) is 1.74. The lowest BCUT2D eigenvalue weighted by atomic mass is 10.0. The molecule has 0 spiro atoms. The summed E-state index contributed by atoms with van der Waals surface area (Å²) in [6, 6.07) is 4.53. The van der Waals surface area contributed by atoms with Crippen LogP contribution in [0.4, 0.5) is 10.1 Å². The number of hydrogen-bond donors (Lipinski definition) is 2. The first-order valence-corrected chi connectivity index (χ1v) is 5.88. The number of hydrogen-bond acceptors (Lipinski definition) is 3. The number of rotatable bonds is 4. The zero-order valence-electron chi connectivity index (χ0n) is 11.2. The summed E-state index contributed by atoms with van der Waals surface area (Å²) in [5.74, 6) is -0.0709. The van der Waals surface area contributed by atoms with E-state index >= 15 is 0 Å². The van der Waals surface area contributed by atoms with Crippen molar-refractivity contribution in [1.29, 1.82) is 0 Å². The van der Waals surface area contributed by atoms with Crippen LogP contribution < -0.4 is 10.6 Å². The van der Waals surface area contributed by atoms with Gasteiger partial charge in [-0.2, -0.15) is 0 Å². The molecule has 100 valence electrons. The van der Waals surface area contributed by atoms with Gasteiger partial charge in [-0.25, -0.2) is 4.39 Å². The Labute approximate surface area is 107 Å². The highest BCUT2D eigenvalue weighted by atomic mass is 19.1. The third-order valence-corrected chi connectivity index (χ3v) is 3.30. The van der Waals surface area contributed by atoms with E-state index in [-0.39, 0.29) is 11.9 Å². The van der Waals surface area contributed by atoms with Crippen LogP contribution in [0, 0.1) is 11.7 Å². The lowest BCUT2D eigenvalue weighted by molar-refractivity contribution is 0.318. The van der Waals surface area contributed by atoms with Gasteiger partial charge < -0.3 is 15.8 Å². The molecule has 0 bridgehead atoms. The van der Waals surface area contributed by atoms with Crippen LogP contribution in [0.3, 0.4) is 0 Å². The fraction of sp³-hybridized carbons (Fsp3) is 0.462. The average Bonchev–Trinajstić information content (AvgIpc) is 2.35. The maximum absolute atomic E-state index is 13.3. The predicted octanol–water partition coefficient (Wildman–Crippen LogP) is 2.40. The molecule has 18 heavy (non-hydrogen) atoms. The second-order valence-corrected chi connectivity index (χ2v) is 4.74. The standard InChI is InChI=1S/C13H20FN3O/c1-8(2)9(3)17(4)12-6-5-10(14)7-11(12)13(15)16-18/h5-9,18H,1-4H3,(H2,15,16). The van der Waals surface area contributed by atoms with Crippen molar-refractivity contribution in [2.45, 2.75) is 26.8 Å². The van der Waals surface area contributed by atoms with Crippen LogP contribution in [0.5, 0.6) is 0 Å². The highest BCUT2D eigenvalue weighted by molar-refractivity contribution is 6.02. The van der Waals surface area contributed by atoms with Gasteiger partial charge in [0.15, 0.2) is 5.84 Å². The molecule has 0 radical (unpaired) electrons. The number of benzene rings is 1. The molecule has 3 N–H and O–H groups in total. The first-order valence-electron chi connectivity index (χ1n) is 5.88. The Morgan fingerprint density at radius 2 is 2.00 bits per heavy atom. The number of nitrogens with two attached hydrogens (primary N) is 1. The van der Waals surface area contributed by atoms with E-state index in [1.54, 1.807) is 6.07 Å². The van der Waals surface area contributed by atoms with Gasteiger partial charge in [0.1, 0.15) is 5.82 Å². The van der Waals surface area contributed by atoms with E-state index in [1.165, 1.54) is 12.1 Å². The van der Waals surface area contributed by atoms with Gasteiger partial charge in [0.2, 0.25) is 0 Å². The van der Waals surface area contributed by atoms with Gasteiger partial charge in [-0.05, 0) is 31.0 Å². The highest BCUT2D eigenvalue weighted by Crippen LogP contribution is 2.24. The molecule has 0 aromatic heterocycles. The number of oxime groups is 1. The molecule has 1 unspecified atom stereocenters. The summed E-state index contributed by atoms with van der Waals surface area (Å²) >= 11 is 0. The molecule has 1 aromatic carbocycles. The molecule has 1 atom stereocenters. The molecule has 1 rings (SSSR count). The number of anilines is 1. The van der Waals surface area contributed by atoms with E-state index in [4.69, 9.17) is 10.9 Å². The van der Waals surface area contributed by atoms with Crippen LogP contribution in [0.25, 0.3) is 0 Å². The van der Waals surface area contributed by atoms with Crippen LogP contribution in [-0.2, 0) is 0 Å². The summed E-state index contributed by atoms with van der Waals surface area (Å²) in [4.78, 5) is 2.00. The lowest BCUT2D eigenvalue weighted by Gasteiger charge is -2.31. The second kappa shape index (κ2) is 5.71. The fourth-order valence-corrected chi connectivity index (χ4v) is 1.74. The average molecular weight is 253 g/mol. The molecular formula is C13H20FN3O. The Morgan fingerprint density at radius 3 is 2.50 bits per heavy atom. The lowest BCUT2D eigenvalue weighted by Crippen LogP contribution is -2.34. The Kier molecular flexibility index (Phi) is 4.53. The van der Waals surface area contributed by atoms with Crippen LogP contribution in [0.2, 0.25) is 0 Å². The first-order chi connectivity index (χ1) is 8.38. The largest absolute Gasteiger partial charge is 0.409 e. The maximum Gasteiger partial charge on any atom is 0.172 e. The van der Waals surface area contributed by atoms with Gasteiger partial charge in [0.25, 0.3) is 0 Å². The van der Waals surface area contributed by atoms with Crippen molar-refractivity contribution in [3.05, 3.63) is 29.6 Å². The molecule has 0 aliphatic heterocycles. The van der Waals surface area contributed by atoms with Gasteiger partial charge in [0, 0.05) is 24.3 Å². The van der Waals surface area contributed by atoms with Gasteiger partial charge in [0.05, 0.1) is 0 Å². The van der Waals surface area contributed by atoms with Crippen molar-refractivity contribution in [2.24, 2.45) is 16.8 Å². The summed E-state index contributed by atoms with van der Waals surface area (Å²) in [7, 11) is 1.91. The van der Waals surface area contributed by atoms with Crippen molar-refractivity contribution in [3.63, 3.8) is 0 Å². The van der Waals surface area contributed by atoms with Crippen LogP contribution in [0.15, 0.2) is 23.4 Å². The van der Waals surface area contributed by atoms with Gasteiger partial charge in [-0.15, -0.1) is 0 Å². The Hall–Kier alpha value is -1.78. The SMILES string of the molecule is CC(C)C(C)N(C)c1ccc(F)cc1C(N)=NO. The molecule has 0 saturated carbocycles. The maximum atomic E-state index is 13.3. The van der Waals surface area contributed by atoms with Crippen LogP contribution in [0.1, 0.15) is 26.3 Å². The van der Waals surface area contributed by atoms with E-state index < -0.39 is 5.82 Å². The Balaban J connectivity index is 3.23. The van der Waals surface area contributed by atoms with Crippen molar-refractivity contribution in [3.8, 4) is 0 Å². The summed E-state index contributed by atoms with van der Waals surface area (Å²) in [6.07, 6.45) is 0. The van der Waals surface area contributed by atoms with Crippen molar-refractivity contribution in [2.75, 3.05) is 11.9 Å². The molecule has 4 nitrogen and oxygen atoms in total. The highest BCUT2D eigenvalue weighted by Gasteiger charge is 2.18. The molecule has 0 aliphatic rings. The number of halogens is 1. The van der Waals surface area contributed by atoms with Crippen LogP contribution >= 0.6 is 0 Å². The van der Waals surface area contributed by atoms with E-state index in [0.717, 1.165) is 5.69 Å². The zero-order chi connectivity index (χ0) is 13.9. The molecule has 0 amide bonds. The van der Waals surface area contributed by atoms with Crippen LogP contribution in [-0.4, -0.2) is 24.1 Å². The molecule has 0 saturated heterocycles. The molecule has 1 aromatic rings. The topological polar surface area (TPSA) is 61.8 Å². The summed E-state index contributed by atoms with van der Waals surface area (Å²) in [6.45, 7) is 6.28. The third-order valence-electron chi connectivity index (χ3n) is 3.30. The van der Waals surface area contributed by atoms with E-state index in [9.17, 15) is 4.39 Å². The minimum atomic E-state index is -0.411. The van der Waals surface area contributed by atoms with Crippen molar-refractivity contribution >= 4 is 11.5 Å². The van der Waals surface area contributed by atoms with Gasteiger partial charge >= 0.3 is 0 Å². The Morgan fingerprint density at radius 1 is 1.39 bits per heavy atom. The molecular weight excluding hydrogens is 233 g/mol. The second-order valence-electron chi connectivity index (χ2n) is 4.74. The number of amidine groups is 1. The molecule has 0 fully saturated rings. The van der Waals surface area contributed by atoms with E-state index in [2.05, 4.69) is 25.9 Å². The first kappa shape index (κ1) is 14.3. The summed E-state index contributed by atoms with van der Waals surface area (Å²) < 4.78 is 13.3. The molecule has 5 heteroatoms. The van der Waals surface area contributed by atoms with Crippen molar-refractivity contribution < 1.29 is 9.60 Å². The van der Waals surface area contributed by atoms with Crippen molar-refractivity contribution in [1.82, 2.24) is 0 Å². The van der Waals surface area contributed by atoms with Gasteiger partial charge in [-0.1, -0.05) is 19.0 Å².